The van der Waals surface area contributed by atoms with Gasteiger partial charge in [-0.2, -0.15) is 0 Å². The lowest BCUT2D eigenvalue weighted by molar-refractivity contribution is 0.0903. The Morgan fingerprint density at radius 1 is 1.37 bits per heavy atom. The molecule has 2 unspecified atom stereocenters. The lowest BCUT2D eigenvalue weighted by Crippen LogP contribution is -2.39. The van der Waals surface area contributed by atoms with Gasteiger partial charge in [0.2, 0.25) is 0 Å². The highest BCUT2D eigenvalue weighted by Crippen LogP contribution is 2.25. The Labute approximate surface area is 112 Å². The zero-order valence-corrected chi connectivity index (χ0v) is 10.8. The second kappa shape index (κ2) is 5.05. The molecule has 0 radical (unpaired) electrons. The summed E-state index contributed by atoms with van der Waals surface area (Å²) in [5.74, 6) is 0.638. The van der Waals surface area contributed by atoms with E-state index in [4.69, 9.17) is 10.2 Å². The van der Waals surface area contributed by atoms with Gasteiger partial charge in [-0.3, -0.25) is 4.79 Å². The number of rotatable bonds is 3. The van der Waals surface area contributed by atoms with Gasteiger partial charge in [0.25, 0.3) is 5.91 Å². The quantitative estimate of drug-likeness (QED) is 0.887. The van der Waals surface area contributed by atoms with Crippen molar-refractivity contribution < 1.29 is 9.21 Å². The molecule has 1 fully saturated rings. The standard InChI is InChI=1S/C15H18N2O2/c16-9-11-5-3-6-12(11)17-15(18)14-8-10-4-1-2-7-13(10)19-14/h1-2,4,7-8,11-12H,3,5-6,9,16H2,(H,17,18). The molecule has 1 heterocycles. The second-order valence-corrected chi connectivity index (χ2v) is 5.16. The predicted octanol–water partition coefficient (Wildman–Crippen LogP) is 2.29. The molecule has 0 aliphatic heterocycles. The maximum atomic E-state index is 12.2. The third kappa shape index (κ3) is 2.36. The van der Waals surface area contributed by atoms with Crippen LogP contribution in [0.2, 0.25) is 0 Å². The molecule has 0 saturated heterocycles. The number of carbonyl (C=O) groups is 1. The third-order valence-corrected chi connectivity index (χ3v) is 3.93. The minimum atomic E-state index is -0.137. The molecule has 1 aliphatic rings. The molecular formula is C15H18N2O2. The third-order valence-electron chi connectivity index (χ3n) is 3.93. The molecule has 0 spiro atoms. The van der Waals surface area contributed by atoms with Gasteiger partial charge in [0.05, 0.1) is 0 Å². The van der Waals surface area contributed by atoms with Crippen LogP contribution in [0.1, 0.15) is 29.8 Å². The first kappa shape index (κ1) is 12.2. The minimum absolute atomic E-state index is 0.137. The van der Waals surface area contributed by atoms with Crippen molar-refractivity contribution in [3.63, 3.8) is 0 Å². The van der Waals surface area contributed by atoms with Gasteiger partial charge in [0.15, 0.2) is 5.76 Å². The summed E-state index contributed by atoms with van der Waals surface area (Å²) in [7, 11) is 0. The van der Waals surface area contributed by atoms with E-state index in [-0.39, 0.29) is 11.9 Å². The lowest BCUT2D eigenvalue weighted by Gasteiger charge is -2.18. The van der Waals surface area contributed by atoms with Crippen molar-refractivity contribution in [3.8, 4) is 0 Å². The number of nitrogens with one attached hydrogen (secondary N) is 1. The largest absolute Gasteiger partial charge is 0.451 e. The van der Waals surface area contributed by atoms with Crippen LogP contribution in [0.25, 0.3) is 11.0 Å². The molecule has 4 nitrogen and oxygen atoms in total. The van der Waals surface area contributed by atoms with Crippen molar-refractivity contribution in [2.75, 3.05) is 6.54 Å². The van der Waals surface area contributed by atoms with Crippen LogP contribution in [0.15, 0.2) is 34.7 Å². The van der Waals surface area contributed by atoms with E-state index < -0.39 is 0 Å². The summed E-state index contributed by atoms with van der Waals surface area (Å²) in [5, 5.41) is 4.00. The van der Waals surface area contributed by atoms with E-state index in [0.717, 1.165) is 30.2 Å². The van der Waals surface area contributed by atoms with E-state index in [2.05, 4.69) is 5.32 Å². The number of para-hydroxylation sites is 1. The molecule has 2 atom stereocenters. The Kier molecular flexibility index (Phi) is 3.25. The molecule has 3 N–H and O–H groups in total. The highest BCUT2D eigenvalue weighted by molar-refractivity contribution is 5.96. The highest BCUT2D eigenvalue weighted by Gasteiger charge is 2.28. The Morgan fingerprint density at radius 2 is 2.21 bits per heavy atom. The average Bonchev–Trinajstić information content (AvgIpc) is 3.03. The zero-order valence-electron chi connectivity index (χ0n) is 10.8. The maximum absolute atomic E-state index is 12.2. The molecular weight excluding hydrogens is 240 g/mol. The van der Waals surface area contributed by atoms with Crippen LogP contribution in [-0.2, 0) is 0 Å². The van der Waals surface area contributed by atoms with E-state index in [1.165, 1.54) is 0 Å². The highest BCUT2D eigenvalue weighted by atomic mass is 16.3. The predicted molar refractivity (Wildman–Crippen MR) is 73.9 cm³/mol. The van der Waals surface area contributed by atoms with E-state index in [0.29, 0.717) is 18.2 Å². The fraction of sp³-hybridized carbons (Fsp3) is 0.400. The molecule has 1 saturated carbocycles. The van der Waals surface area contributed by atoms with E-state index in [1.54, 1.807) is 6.07 Å². The fourth-order valence-electron chi connectivity index (χ4n) is 2.84. The molecule has 1 aromatic heterocycles. The summed E-state index contributed by atoms with van der Waals surface area (Å²) < 4.78 is 5.57. The maximum Gasteiger partial charge on any atom is 0.287 e. The number of benzene rings is 1. The number of hydrogen-bond donors (Lipinski definition) is 2. The molecule has 1 amide bonds. The normalized spacial score (nSPS) is 22.8. The summed E-state index contributed by atoms with van der Waals surface area (Å²) in [4.78, 5) is 12.2. The van der Waals surface area contributed by atoms with Crippen molar-refractivity contribution in [3.05, 3.63) is 36.1 Å². The molecule has 1 aromatic carbocycles. The smallest absolute Gasteiger partial charge is 0.287 e. The number of amides is 1. The molecule has 19 heavy (non-hydrogen) atoms. The average molecular weight is 258 g/mol. The van der Waals surface area contributed by atoms with Gasteiger partial charge in [0, 0.05) is 11.4 Å². The van der Waals surface area contributed by atoms with Gasteiger partial charge < -0.3 is 15.5 Å². The van der Waals surface area contributed by atoms with E-state index in [9.17, 15) is 4.79 Å². The molecule has 100 valence electrons. The number of hydrogen-bond acceptors (Lipinski definition) is 3. The Hall–Kier alpha value is -1.81. The Bertz CT molecular complexity index is 558. The second-order valence-electron chi connectivity index (χ2n) is 5.16. The first-order valence-electron chi connectivity index (χ1n) is 6.77. The first-order chi connectivity index (χ1) is 9.28. The zero-order chi connectivity index (χ0) is 13.2. The minimum Gasteiger partial charge on any atom is -0.451 e. The van der Waals surface area contributed by atoms with Crippen molar-refractivity contribution in [2.45, 2.75) is 25.3 Å². The summed E-state index contributed by atoms with van der Waals surface area (Å²) >= 11 is 0. The van der Waals surface area contributed by atoms with Crippen molar-refractivity contribution in [1.29, 1.82) is 0 Å². The van der Waals surface area contributed by atoms with Crippen LogP contribution < -0.4 is 11.1 Å². The van der Waals surface area contributed by atoms with Gasteiger partial charge in [-0.25, -0.2) is 0 Å². The monoisotopic (exact) mass is 258 g/mol. The summed E-state index contributed by atoms with van der Waals surface area (Å²) in [6.45, 7) is 0.630. The number of nitrogens with two attached hydrogens (primary N) is 1. The fourth-order valence-corrected chi connectivity index (χ4v) is 2.84. The number of fused-ring (bicyclic) bond motifs is 1. The summed E-state index contributed by atoms with van der Waals surface area (Å²) in [5.41, 5.74) is 6.47. The van der Waals surface area contributed by atoms with Crippen molar-refractivity contribution in [2.24, 2.45) is 11.7 Å². The van der Waals surface area contributed by atoms with Crippen LogP contribution in [0.5, 0.6) is 0 Å². The summed E-state index contributed by atoms with van der Waals surface area (Å²) in [6.07, 6.45) is 3.24. The molecule has 1 aliphatic carbocycles. The van der Waals surface area contributed by atoms with Gasteiger partial charge in [-0.15, -0.1) is 0 Å². The molecule has 4 heteroatoms. The van der Waals surface area contributed by atoms with Crippen molar-refractivity contribution >= 4 is 16.9 Å². The van der Waals surface area contributed by atoms with Gasteiger partial charge in [0.1, 0.15) is 5.58 Å². The van der Waals surface area contributed by atoms with Crippen LogP contribution >= 0.6 is 0 Å². The van der Waals surface area contributed by atoms with E-state index >= 15 is 0 Å². The van der Waals surface area contributed by atoms with Crippen LogP contribution in [-0.4, -0.2) is 18.5 Å². The SMILES string of the molecule is NCC1CCCC1NC(=O)c1cc2ccccc2o1. The van der Waals surface area contributed by atoms with Crippen molar-refractivity contribution in [1.82, 2.24) is 5.32 Å². The Morgan fingerprint density at radius 3 is 3.00 bits per heavy atom. The summed E-state index contributed by atoms with van der Waals surface area (Å²) in [6, 6.07) is 9.61. The molecule has 2 aromatic rings. The molecule has 0 bridgehead atoms. The topological polar surface area (TPSA) is 68.3 Å². The van der Waals surface area contributed by atoms with Gasteiger partial charge in [-0.1, -0.05) is 24.6 Å². The molecule has 3 rings (SSSR count). The van der Waals surface area contributed by atoms with Crippen LogP contribution in [0.3, 0.4) is 0 Å². The van der Waals surface area contributed by atoms with Crippen LogP contribution in [0.4, 0.5) is 0 Å². The van der Waals surface area contributed by atoms with Gasteiger partial charge >= 0.3 is 0 Å². The number of furan rings is 1. The van der Waals surface area contributed by atoms with Crippen LogP contribution in [0, 0.1) is 5.92 Å². The Balaban J connectivity index is 1.76. The lowest BCUT2D eigenvalue weighted by atomic mass is 10.0. The first-order valence-corrected chi connectivity index (χ1v) is 6.77. The van der Waals surface area contributed by atoms with Gasteiger partial charge in [-0.05, 0) is 37.4 Å². The number of carbonyl (C=O) groups excluding carboxylic acids is 1. The van der Waals surface area contributed by atoms with E-state index in [1.807, 2.05) is 24.3 Å².